The van der Waals surface area contributed by atoms with Crippen LogP contribution in [0.3, 0.4) is 0 Å². The molecule has 0 saturated heterocycles. The van der Waals surface area contributed by atoms with E-state index in [-0.39, 0.29) is 5.57 Å². The van der Waals surface area contributed by atoms with Crippen LogP contribution in [0.1, 0.15) is 12.5 Å². The molecule has 2 aromatic rings. The van der Waals surface area contributed by atoms with E-state index in [0.29, 0.717) is 0 Å². The van der Waals surface area contributed by atoms with Crippen molar-refractivity contribution in [2.75, 3.05) is 0 Å². The highest BCUT2D eigenvalue weighted by molar-refractivity contribution is 5.92. The van der Waals surface area contributed by atoms with Gasteiger partial charge in [-0.3, -0.25) is 0 Å². The summed E-state index contributed by atoms with van der Waals surface area (Å²) in [5.74, 6) is 0. The molecule has 0 aliphatic carbocycles. The third kappa shape index (κ3) is 1.96. The van der Waals surface area contributed by atoms with Crippen LogP contribution in [0.5, 0.6) is 0 Å². The number of rotatable bonds is 1. The second-order valence-corrected chi connectivity index (χ2v) is 3.60. The summed E-state index contributed by atoms with van der Waals surface area (Å²) in [6, 6.07) is 11.5. The predicted molar refractivity (Wildman–Crippen MR) is 65.6 cm³/mol. The van der Waals surface area contributed by atoms with E-state index < -0.39 is 0 Å². The number of nitrogens with zero attached hydrogens (tertiary/aromatic N) is 2. The van der Waals surface area contributed by atoms with Crippen molar-refractivity contribution >= 4 is 16.5 Å². The third-order valence-corrected chi connectivity index (χ3v) is 2.53. The molecule has 3 heteroatoms. The number of nitriles is 2. The molecule has 0 unspecified atom stereocenters. The van der Waals surface area contributed by atoms with Gasteiger partial charge < -0.3 is 4.98 Å². The van der Waals surface area contributed by atoms with E-state index in [2.05, 4.69) is 10.7 Å². The van der Waals surface area contributed by atoms with E-state index in [1.165, 1.54) is 0 Å². The summed E-state index contributed by atoms with van der Waals surface area (Å²) in [7, 11) is 0. The molecule has 0 aliphatic rings. The van der Waals surface area contributed by atoms with E-state index >= 15 is 0 Å². The Kier molecular flexibility index (Phi) is 2.79. The van der Waals surface area contributed by atoms with Crippen molar-refractivity contribution in [1.82, 2.24) is 4.98 Å². The van der Waals surface area contributed by atoms with Crippen LogP contribution in [-0.2, 0) is 0 Å². The van der Waals surface area contributed by atoms with Gasteiger partial charge in [0.1, 0.15) is 12.1 Å². The van der Waals surface area contributed by atoms with Crippen LogP contribution in [0.4, 0.5) is 0 Å². The van der Waals surface area contributed by atoms with E-state index in [0.717, 1.165) is 22.0 Å². The minimum Gasteiger partial charge on any atom is -0.361 e. The quantitative estimate of drug-likeness (QED) is 0.591. The first-order valence-corrected chi connectivity index (χ1v) is 5.10. The Hall–Kier alpha value is -2.74. The molecule has 0 fully saturated rings. The average molecular weight is 219 g/mol. The molecular formula is C14H9N3. The second kappa shape index (κ2) is 4.41. The van der Waals surface area contributed by atoms with Gasteiger partial charge >= 0.3 is 0 Å². The van der Waals surface area contributed by atoms with E-state index in [1.807, 2.05) is 37.4 Å². The van der Waals surface area contributed by atoms with Crippen LogP contribution in [-0.4, -0.2) is 4.98 Å². The molecule has 0 spiro atoms. The Morgan fingerprint density at radius 1 is 1.18 bits per heavy atom. The lowest BCUT2D eigenvalue weighted by Crippen LogP contribution is -1.76. The van der Waals surface area contributed by atoms with Crippen molar-refractivity contribution in [3.8, 4) is 12.1 Å². The Labute approximate surface area is 98.9 Å². The molecule has 1 N–H and O–H groups in total. The summed E-state index contributed by atoms with van der Waals surface area (Å²) in [6.45, 7) is 1.84. The predicted octanol–water partition coefficient (Wildman–Crippen LogP) is 3.14. The van der Waals surface area contributed by atoms with Crippen molar-refractivity contribution in [2.45, 2.75) is 6.92 Å². The number of hydrogen-bond donors (Lipinski definition) is 1. The maximum atomic E-state index is 8.69. The molecule has 1 heterocycles. The number of hydrogen-bond acceptors (Lipinski definition) is 2. The largest absolute Gasteiger partial charge is 0.361 e. The molecule has 0 amide bonds. The summed E-state index contributed by atoms with van der Waals surface area (Å²) in [4.78, 5) is 3.14. The maximum absolute atomic E-state index is 8.69. The van der Waals surface area contributed by atoms with Gasteiger partial charge in [0, 0.05) is 28.2 Å². The zero-order chi connectivity index (χ0) is 12.3. The molecule has 17 heavy (non-hydrogen) atoms. The molecule has 80 valence electrons. The van der Waals surface area contributed by atoms with Gasteiger partial charge in [0.05, 0.1) is 0 Å². The number of benzene rings is 1. The van der Waals surface area contributed by atoms with Crippen LogP contribution in [0.25, 0.3) is 16.5 Å². The molecule has 0 radical (unpaired) electrons. The van der Waals surface area contributed by atoms with Gasteiger partial charge in [-0.15, -0.1) is 0 Å². The summed E-state index contributed by atoms with van der Waals surface area (Å²) >= 11 is 0. The summed E-state index contributed by atoms with van der Waals surface area (Å²) in [5.41, 5.74) is 5.56. The van der Waals surface area contributed by atoms with Gasteiger partial charge in [-0.1, -0.05) is 23.9 Å². The van der Waals surface area contributed by atoms with Crippen LogP contribution in [0.2, 0.25) is 0 Å². The molecule has 1 aromatic carbocycles. The number of fused-ring (bicyclic) bond motifs is 1. The normalized spacial score (nSPS) is 9.12. The Morgan fingerprint density at radius 3 is 2.59 bits per heavy atom. The number of para-hydroxylation sites is 1. The Morgan fingerprint density at radius 2 is 1.88 bits per heavy atom. The van der Waals surface area contributed by atoms with Crippen LogP contribution >= 0.6 is 0 Å². The molecule has 1 aromatic heterocycles. The topological polar surface area (TPSA) is 63.4 Å². The first-order valence-electron chi connectivity index (χ1n) is 5.10. The lowest BCUT2D eigenvalue weighted by molar-refractivity contribution is 1.45. The highest BCUT2D eigenvalue weighted by atomic mass is 14.7. The smallest absolute Gasteiger partial charge is 0.171 e. The maximum Gasteiger partial charge on any atom is 0.171 e. The van der Waals surface area contributed by atoms with E-state index in [9.17, 15) is 0 Å². The second-order valence-electron chi connectivity index (χ2n) is 3.60. The van der Waals surface area contributed by atoms with Crippen molar-refractivity contribution in [1.29, 1.82) is 10.5 Å². The highest BCUT2D eigenvalue weighted by Crippen LogP contribution is 2.23. The fourth-order valence-electron chi connectivity index (χ4n) is 1.72. The minimum absolute atomic E-state index is 0.00668. The number of aromatic amines is 1. The summed E-state index contributed by atoms with van der Waals surface area (Å²) < 4.78 is 0. The molecule has 0 saturated carbocycles. The van der Waals surface area contributed by atoms with Gasteiger partial charge in [-0.25, -0.2) is 0 Å². The summed E-state index contributed by atoms with van der Waals surface area (Å²) in [6.07, 6.45) is 1.86. The fourth-order valence-corrected chi connectivity index (χ4v) is 1.72. The Bertz CT molecular complexity index is 698. The zero-order valence-electron chi connectivity index (χ0n) is 9.28. The van der Waals surface area contributed by atoms with Crippen molar-refractivity contribution in [3.63, 3.8) is 0 Å². The first kappa shape index (κ1) is 10.8. The number of allylic oxidation sites excluding steroid dienone is 1. The lowest BCUT2D eigenvalue weighted by atomic mass is 10.1. The van der Waals surface area contributed by atoms with Gasteiger partial charge in [0.15, 0.2) is 5.57 Å². The number of H-pyrrole nitrogens is 1. The Balaban J connectivity index is 2.68. The average Bonchev–Trinajstić information content (AvgIpc) is 2.79. The SMILES string of the molecule is CC(=C=C(C#N)C#N)c1c[nH]c2ccccc12. The lowest BCUT2D eigenvalue weighted by Gasteiger charge is -1.95. The first-order chi connectivity index (χ1) is 8.26. The third-order valence-electron chi connectivity index (χ3n) is 2.53. The monoisotopic (exact) mass is 219 g/mol. The minimum atomic E-state index is -0.00668. The van der Waals surface area contributed by atoms with Gasteiger partial charge in [0.2, 0.25) is 0 Å². The molecule has 0 atom stereocenters. The summed E-state index contributed by atoms with van der Waals surface area (Å²) in [5, 5.41) is 18.4. The molecule has 2 rings (SSSR count). The highest BCUT2D eigenvalue weighted by Gasteiger charge is 2.04. The van der Waals surface area contributed by atoms with Crippen LogP contribution in [0, 0.1) is 22.7 Å². The number of aromatic nitrogens is 1. The van der Waals surface area contributed by atoms with E-state index in [4.69, 9.17) is 10.5 Å². The standard InChI is InChI=1S/C14H9N3/c1-10(6-11(7-15)8-16)13-9-17-14-5-3-2-4-12(13)14/h2-5,9,17H,1H3. The molecule has 0 bridgehead atoms. The van der Waals surface area contributed by atoms with Gasteiger partial charge in [-0.05, 0) is 13.0 Å². The fraction of sp³-hybridized carbons (Fsp3) is 0.0714. The van der Waals surface area contributed by atoms with Crippen molar-refractivity contribution < 1.29 is 0 Å². The van der Waals surface area contributed by atoms with Crippen LogP contribution < -0.4 is 0 Å². The number of nitrogens with one attached hydrogen (secondary N) is 1. The van der Waals surface area contributed by atoms with E-state index in [1.54, 1.807) is 12.1 Å². The van der Waals surface area contributed by atoms with Gasteiger partial charge in [-0.2, -0.15) is 10.5 Å². The van der Waals surface area contributed by atoms with Crippen molar-refractivity contribution in [2.24, 2.45) is 0 Å². The molecule has 0 aliphatic heterocycles. The van der Waals surface area contributed by atoms with Crippen LogP contribution in [0.15, 0.2) is 41.8 Å². The van der Waals surface area contributed by atoms with Crippen molar-refractivity contribution in [3.05, 3.63) is 47.3 Å². The molecule has 3 nitrogen and oxygen atoms in total. The zero-order valence-corrected chi connectivity index (χ0v) is 9.28. The molecular weight excluding hydrogens is 210 g/mol. The van der Waals surface area contributed by atoms with Gasteiger partial charge in [0.25, 0.3) is 0 Å².